The normalized spacial score (nSPS) is 15.5. The van der Waals surface area contributed by atoms with Crippen molar-refractivity contribution in [2.45, 2.75) is 51.6 Å². The lowest BCUT2D eigenvalue weighted by Crippen LogP contribution is -2.44. The molecule has 1 amide bonds. The largest absolute Gasteiger partial charge is 0.435 e. The second-order valence-electron chi connectivity index (χ2n) is 8.39. The smallest absolute Gasteiger partial charge is 0.387 e. The number of benzene rings is 2. The summed E-state index contributed by atoms with van der Waals surface area (Å²) in [7, 11) is 0. The van der Waals surface area contributed by atoms with E-state index in [0.717, 1.165) is 24.0 Å². The summed E-state index contributed by atoms with van der Waals surface area (Å²) in [6, 6.07) is 14.0. The molecule has 2 aromatic carbocycles. The molecule has 0 radical (unpaired) electrons. The van der Waals surface area contributed by atoms with Crippen LogP contribution < -0.4 is 10.1 Å². The van der Waals surface area contributed by atoms with E-state index in [1.807, 2.05) is 38.1 Å². The predicted molar refractivity (Wildman–Crippen MR) is 115 cm³/mol. The Hall–Kier alpha value is -3.40. The molecule has 1 unspecified atom stereocenters. The minimum Gasteiger partial charge on any atom is -0.435 e. The van der Waals surface area contributed by atoms with Crippen molar-refractivity contribution in [3.05, 3.63) is 59.7 Å². The first-order valence-corrected chi connectivity index (χ1v) is 10.7. The van der Waals surface area contributed by atoms with Gasteiger partial charge in [0.15, 0.2) is 0 Å². The van der Waals surface area contributed by atoms with Crippen LogP contribution in [-0.4, -0.2) is 39.2 Å². The number of halogens is 2. The number of carbonyl (C=O) groups is 1. The fraction of sp³-hybridized carbons (Fsp3) is 0.391. The zero-order valence-corrected chi connectivity index (χ0v) is 18.3. The highest BCUT2D eigenvalue weighted by molar-refractivity contribution is 5.82. The Morgan fingerprint density at radius 3 is 2.55 bits per heavy atom. The molecule has 1 heterocycles. The van der Waals surface area contributed by atoms with Gasteiger partial charge in [-0.3, -0.25) is 4.79 Å². The Bertz CT molecular complexity index is 1070. The van der Waals surface area contributed by atoms with Crippen LogP contribution in [0.5, 0.6) is 5.75 Å². The zero-order chi connectivity index (χ0) is 23.4. The molecule has 8 nitrogen and oxygen atoms in total. The van der Waals surface area contributed by atoms with Crippen LogP contribution in [0.3, 0.4) is 0 Å². The molecule has 33 heavy (non-hydrogen) atoms. The molecule has 0 aliphatic heterocycles. The molecule has 1 atom stereocenters. The minimum absolute atomic E-state index is 0.0536. The van der Waals surface area contributed by atoms with Crippen molar-refractivity contribution < 1.29 is 23.0 Å². The Labute approximate surface area is 189 Å². The van der Waals surface area contributed by atoms with Gasteiger partial charge in [-0.1, -0.05) is 50.2 Å². The fourth-order valence-corrected chi connectivity index (χ4v) is 3.71. The number of hydrogen-bond donors (Lipinski definition) is 2. The first kappa shape index (κ1) is 22.8. The van der Waals surface area contributed by atoms with E-state index in [-0.39, 0.29) is 24.2 Å². The van der Waals surface area contributed by atoms with E-state index in [4.69, 9.17) is 4.74 Å². The maximum atomic E-state index is 13.1. The number of nitrogens with zero attached hydrogens (tertiary/aromatic N) is 3. The molecule has 3 aromatic rings. The van der Waals surface area contributed by atoms with Crippen molar-refractivity contribution in [1.82, 2.24) is 25.9 Å². The quantitative estimate of drug-likeness (QED) is 0.480. The van der Waals surface area contributed by atoms with Gasteiger partial charge in [0, 0.05) is 5.56 Å². The van der Waals surface area contributed by atoms with Gasteiger partial charge in [-0.25, -0.2) is 0 Å². The summed E-state index contributed by atoms with van der Waals surface area (Å²) < 4.78 is 35.3. The van der Waals surface area contributed by atoms with Gasteiger partial charge >= 0.3 is 6.61 Å². The van der Waals surface area contributed by atoms with Crippen LogP contribution in [0, 0.1) is 5.92 Å². The van der Waals surface area contributed by atoms with Crippen LogP contribution in [0.2, 0.25) is 0 Å². The number of alkyl halides is 2. The van der Waals surface area contributed by atoms with Crippen LogP contribution in [0.1, 0.15) is 37.8 Å². The molecule has 4 rings (SSSR count). The summed E-state index contributed by atoms with van der Waals surface area (Å²) in [6.07, 6.45) is 0.969. The Morgan fingerprint density at radius 2 is 1.94 bits per heavy atom. The maximum absolute atomic E-state index is 13.1. The Kier molecular flexibility index (Phi) is 6.64. The molecular weight excluding hydrogens is 432 g/mol. The summed E-state index contributed by atoms with van der Waals surface area (Å²) in [5.74, 6) is 0.274. The number of hydrogen-bond acceptors (Lipinski definition) is 6. The molecule has 10 heteroatoms. The van der Waals surface area contributed by atoms with Crippen LogP contribution in [-0.2, 0) is 21.7 Å². The van der Waals surface area contributed by atoms with E-state index in [2.05, 4.69) is 30.7 Å². The predicted octanol–water partition coefficient (Wildman–Crippen LogP) is 3.81. The first-order chi connectivity index (χ1) is 15.9. The number of nitrogens with one attached hydrogen (secondary N) is 2. The SMILES string of the molecule is CC(C)C(OCc1cccc(OC(F)F)c1)C(=O)NC1(c2ccc(-c3nn[nH]n3)cc2)CC1. The van der Waals surface area contributed by atoms with Gasteiger partial charge in [-0.2, -0.15) is 14.0 Å². The lowest BCUT2D eigenvalue weighted by molar-refractivity contribution is -0.137. The van der Waals surface area contributed by atoms with E-state index in [0.29, 0.717) is 11.4 Å². The zero-order valence-electron chi connectivity index (χ0n) is 18.3. The summed E-state index contributed by atoms with van der Waals surface area (Å²) >= 11 is 0. The maximum Gasteiger partial charge on any atom is 0.387 e. The summed E-state index contributed by atoms with van der Waals surface area (Å²) in [6.45, 7) is 1.01. The number of H-pyrrole nitrogens is 1. The highest BCUT2D eigenvalue weighted by Gasteiger charge is 2.46. The first-order valence-electron chi connectivity index (χ1n) is 10.7. The molecule has 1 aliphatic rings. The van der Waals surface area contributed by atoms with Crippen molar-refractivity contribution >= 4 is 5.91 Å². The fourth-order valence-electron chi connectivity index (χ4n) is 3.71. The van der Waals surface area contributed by atoms with Crippen LogP contribution >= 0.6 is 0 Å². The molecule has 1 aromatic heterocycles. The number of tetrazole rings is 1. The van der Waals surface area contributed by atoms with E-state index in [1.165, 1.54) is 12.1 Å². The van der Waals surface area contributed by atoms with Crippen molar-refractivity contribution in [3.8, 4) is 17.1 Å². The van der Waals surface area contributed by atoms with Crippen molar-refractivity contribution in [3.63, 3.8) is 0 Å². The van der Waals surface area contributed by atoms with Crippen LogP contribution in [0.4, 0.5) is 8.78 Å². The van der Waals surface area contributed by atoms with Gasteiger partial charge in [-0.05, 0) is 47.2 Å². The average Bonchev–Trinajstić information content (AvgIpc) is 3.34. The third-order valence-corrected chi connectivity index (χ3v) is 5.57. The number of ether oxygens (including phenoxy) is 2. The third kappa shape index (κ3) is 5.51. The van der Waals surface area contributed by atoms with Crippen molar-refractivity contribution in [2.75, 3.05) is 0 Å². The molecule has 0 bridgehead atoms. The van der Waals surface area contributed by atoms with E-state index < -0.39 is 18.3 Å². The van der Waals surface area contributed by atoms with Crippen molar-refractivity contribution in [2.24, 2.45) is 5.92 Å². The molecule has 0 spiro atoms. The summed E-state index contributed by atoms with van der Waals surface area (Å²) in [4.78, 5) is 13.1. The highest BCUT2D eigenvalue weighted by Crippen LogP contribution is 2.46. The lowest BCUT2D eigenvalue weighted by Gasteiger charge is -2.25. The van der Waals surface area contributed by atoms with Gasteiger partial charge in [0.05, 0.1) is 12.1 Å². The van der Waals surface area contributed by atoms with E-state index in [9.17, 15) is 13.6 Å². The molecular formula is C23H25F2N5O3. The topological polar surface area (TPSA) is 102 Å². The summed E-state index contributed by atoms with van der Waals surface area (Å²) in [5, 5.41) is 17.1. The lowest BCUT2D eigenvalue weighted by atomic mass is 10.0. The van der Waals surface area contributed by atoms with Gasteiger partial charge < -0.3 is 14.8 Å². The molecule has 1 aliphatic carbocycles. The number of aromatic amines is 1. The number of rotatable bonds is 10. The molecule has 0 saturated heterocycles. The van der Waals surface area contributed by atoms with Crippen LogP contribution in [0.25, 0.3) is 11.4 Å². The highest BCUT2D eigenvalue weighted by atomic mass is 19.3. The number of aromatic nitrogens is 4. The molecule has 174 valence electrons. The van der Waals surface area contributed by atoms with Gasteiger partial charge in [0.2, 0.25) is 11.7 Å². The number of carbonyl (C=O) groups excluding carboxylic acids is 1. The monoisotopic (exact) mass is 457 g/mol. The second-order valence-corrected chi connectivity index (χ2v) is 8.39. The van der Waals surface area contributed by atoms with Crippen molar-refractivity contribution in [1.29, 1.82) is 0 Å². The molecule has 1 saturated carbocycles. The van der Waals surface area contributed by atoms with Gasteiger partial charge in [0.1, 0.15) is 11.9 Å². The van der Waals surface area contributed by atoms with Gasteiger partial charge in [0.25, 0.3) is 0 Å². The van der Waals surface area contributed by atoms with Gasteiger partial charge in [-0.15, -0.1) is 10.2 Å². The van der Waals surface area contributed by atoms with E-state index >= 15 is 0 Å². The minimum atomic E-state index is -2.90. The standard InChI is InChI=1S/C23H25F2N5O3/c1-14(2)19(32-13-15-4-3-5-18(12-15)33-22(24)25)21(31)26-23(10-11-23)17-8-6-16(7-9-17)20-27-29-30-28-20/h3-9,12,14,19,22H,10-11,13H2,1-2H3,(H,26,31)(H,27,28,29,30). The van der Waals surface area contributed by atoms with Crippen LogP contribution in [0.15, 0.2) is 48.5 Å². The average molecular weight is 457 g/mol. The van der Waals surface area contributed by atoms with E-state index in [1.54, 1.807) is 12.1 Å². The summed E-state index contributed by atoms with van der Waals surface area (Å²) in [5.41, 5.74) is 2.05. The Balaban J connectivity index is 1.40. The second kappa shape index (κ2) is 9.62. The number of amides is 1. The molecule has 2 N–H and O–H groups in total. The Morgan fingerprint density at radius 1 is 1.18 bits per heavy atom. The molecule has 1 fully saturated rings. The third-order valence-electron chi connectivity index (χ3n) is 5.57.